The highest BCUT2D eigenvalue weighted by atomic mass is 32.1. The summed E-state index contributed by atoms with van der Waals surface area (Å²) in [7, 11) is 0. The second-order valence-corrected chi connectivity index (χ2v) is 3.63. The Morgan fingerprint density at radius 1 is 1.31 bits per heavy atom. The van der Waals surface area contributed by atoms with Crippen molar-refractivity contribution in [2.75, 3.05) is 0 Å². The fraction of sp³-hybridized carbons (Fsp3) is 0.0909. The summed E-state index contributed by atoms with van der Waals surface area (Å²) in [6, 6.07) is 5.48. The highest BCUT2D eigenvalue weighted by molar-refractivity contribution is 7.71. The van der Waals surface area contributed by atoms with Crippen LogP contribution in [0.5, 0.6) is 0 Å². The van der Waals surface area contributed by atoms with E-state index < -0.39 is 0 Å². The van der Waals surface area contributed by atoms with Crippen LogP contribution in [0, 0.1) is 22.9 Å². The molecule has 0 amide bonds. The summed E-state index contributed by atoms with van der Waals surface area (Å²) in [6.07, 6.45) is 3.26. The van der Waals surface area contributed by atoms with Gasteiger partial charge in [-0.2, -0.15) is 5.26 Å². The van der Waals surface area contributed by atoms with Gasteiger partial charge in [0, 0.05) is 12.4 Å². The summed E-state index contributed by atoms with van der Waals surface area (Å²) < 4.78 is 0.421. The predicted molar refractivity (Wildman–Crippen MR) is 62.1 cm³/mol. The second kappa shape index (κ2) is 4.21. The van der Waals surface area contributed by atoms with Gasteiger partial charge in [-0.25, -0.2) is 0 Å². The maximum Gasteiger partial charge on any atom is 0.121 e. The lowest BCUT2D eigenvalue weighted by atomic mass is 10.2. The average molecular weight is 228 g/mol. The molecule has 0 fully saturated rings. The number of nitrogens with one attached hydrogen (secondary N) is 1. The maximum absolute atomic E-state index is 8.77. The Kier molecular flexibility index (Phi) is 2.75. The maximum atomic E-state index is 8.77. The van der Waals surface area contributed by atoms with Crippen molar-refractivity contribution in [3.8, 4) is 17.5 Å². The zero-order chi connectivity index (χ0) is 11.5. The highest BCUT2D eigenvalue weighted by Crippen LogP contribution is 2.17. The summed E-state index contributed by atoms with van der Waals surface area (Å²) in [4.78, 5) is 11.3. The number of aryl methyl sites for hydroxylation is 1. The van der Waals surface area contributed by atoms with Crippen LogP contribution in [0.4, 0.5) is 0 Å². The van der Waals surface area contributed by atoms with Crippen molar-refractivity contribution in [1.29, 1.82) is 5.26 Å². The van der Waals surface area contributed by atoms with Crippen LogP contribution >= 0.6 is 12.2 Å². The van der Waals surface area contributed by atoms with E-state index in [9.17, 15) is 0 Å². The molecule has 1 N–H and O–H groups in total. The van der Waals surface area contributed by atoms with E-state index in [1.54, 1.807) is 24.5 Å². The van der Waals surface area contributed by atoms with Gasteiger partial charge >= 0.3 is 0 Å². The third-order valence-electron chi connectivity index (χ3n) is 2.17. The molecule has 2 aromatic heterocycles. The minimum atomic E-state index is 0.421. The number of H-pyrrole nitrogens is 1. The molecular weight excluding hydrogens is 220 g/mol. The molecule has 5 heteroatoms. The summed E-state index contributed by atoms with van der Waals surface area (Å²) in [5.41, 5.74) is 2.80. The third-order valence-corrected chi connectivity index (χ3v) is 2.49. The molecule has 0 aromatic carbocycles. The van der Waals surface area contributed by atoms with Gasteiger partial charge in [0.25, 0.3) is 0 Å². The molecule has 16 heavy (non-hydrogen) atoms. The molecule has 2 rings (SSSR count). The first-order valence-corrected chi connectivity index (χ1v) is 5.04. The van der Waals surface area contributed by atoms with Crippen molar-refractivity contribution in [1.82, 2.24) is 15.0 Å². The largest absolute Gasteiger partial charge is 0.344 e. The molecule has 0 radical (unpaired) electrons. The van der Waals surface area contributed by atoms with Crippen LogP contribution < -0.4 is 0 Å². The summed E-state index contributed by atoms with van der Waals surface area (Å²) in [5, 5.41) is 8.77. The van der Waals surface area contributed by atoms with Crippen molar-refractivity contribution in [3.63, 3.8) is 0 Å². The van der Waals surface area contributed by atoms with Gasteiger partial charge in [-0.15, -0.1) is 0 Å². The fourth-order valence-electron chi connectivity index (χ4n) is 1.37. The predicted octanol–water partition coefficient (Wildman–Crippen LogP) is 2.38. The lowest BCUT2D eigenvalue weighted by Crippen LogP contribution is -1.94. The van der Waals surface area contributed by atoms with E-state index in [2.05, 4.69) is 15.0 Å². The number of aromatic amines is 1. The minimum Gasteiger partial charge on any atom is -0.344 e. The Balaban J connectivity index is 2.60. The van der Waals surface area contributed by atoms with Crippen molar-refractivity contribution in [3.05, 3.63) is 40.4 Å². The molecule has 0 unspecified atom stereocenters. The molecule has 0 spiro atoms. The van der Waals surface area contributed by atoms with Gasteiger partial charge < -0.3 is 4.98 Å². The lowest BCUT2D eigenvalue weighted by Gasteiger charge is -2.03. The molecule has 4 nitrogen and oxygen atoms in total. The Hall–Kier alpha value is -2.06. The first kappa shape index (κ1) is 10.5. The number of hydrogen-bond acceptors (Lipinski definition) is 4. The smallest absolute Gasteiger partial charge is 0.121 e. The Morgan fingerprint density at radius 3 is 2.69 bits per heavy atom. The van der Waals surface area contributed by atoms with Gasteiger partial charge in [0.05, 0.1) is 17.0 Å². The number of nitriles is 1. The number of rotatable bonds is 1. The number of pyridine rings is 1. The zero-order valence-electron chi connectivity index (χ0n) is 8.56. The molecule has 2 heterocycles. The molecule has 0 atom stereocenters. The Labute approximate surface area is 97.6 Å². The summed E-state index contributed by atoms with van der Waals surface area (Å²) in [6.45, 7) is 1.87. The average Bonchev–Trinajstić information content (AvgIpc) is 2.29. The van der Waals surface area contributed by atoms with E-state index >= 15 is 0 Å². The van der Waals surface area contributed by atoms with E-state index in [-0.39, 0.29) is 0 Å². The van der Waals surface area contributed by atoms with Gasteiger partial charge in [-0.1, -0.05) is 12.2 Å². The number of aromatic nitrogens is 3. The molecule has 2 aromatic rings. The molecule has 0 saturated heterocycles. The molecule has 78 valence electrons. The van der Waals surface area contributed by atoms with Crippen molar-refractivity contribution in [2.45, 2.75) is 6.92 Å². The van der Waals surface area contributed by atoms with E-state index in [4.69, 9.17) is 17.5 Å². The van der Waals surface area contributed by atoms with Crippen LogP contribution in [-0.4, -0.2) is 15.0 Å². The summed E-state index contributed by atoms with van der Waals surface area (Å²) in [5.74, 6) is 0. The fourth-order valence-corrected chi connectivity index (χ4v) is 1.60. The molecule has 0 bridgehead atoms. The van der Waals surface area contributed by atoms with E-state index in [1.807, 2.05) is 13.0 Å². The first-order chi connectivity index (χ1) is 7.72. The van der Waals surface area contributed by atoms with Gasteiger partial charge in [0.1, 0.15) is 16.4 Å². The normalized spacial score (nSPS) is 9.75. The number of nitrogens with zero attached hydrogens (tertiary/aromatic N) is 3. The van der Waals surface area contributed by atoms with Crippen molar-refractivity contribution >= 4 is 12.2 Å². The van der Waals surface area contributed by atoms with Crippen molar-refractivity contribution < 1.29 is 0 Å². The number of hydrogen-bond donors (Lipinski definition) is 1. The first-order valence-electron chi connectivity index (χ1n) is 4.64. The van der Waals surface area contributed by atoms with Gasteiger partial charge in [-0.3, -0.25) is 9.97 Å². The molecule has 0 saturated carbocycles. The SMILES string of the molecule is Cc1nccnc1-c1ccc(C#N)c(=S)[nH]1. The lowest BCUT2D eigenvalue weighted by molar-refractivity contribution is 1.10. The van der Waals surface area contributed by atoms with E-state index in [0.717, 1.165) is 17.1 Å². The van der Waals surface area contributed by atoms with Crippen LogP contribution in [0.3, 0.4) is 0 Å². The minimum absolute atomic E-state index is 0.421. The zero-order valence-corrected chi connectivity index (χ0v) is 9.38. The quantitative estimate of drug-likeness (QED) is 0.761. The van der Waals surface area contributed by atoms with Crippen molar-refractivity contribution in [2.24, 2.45) is 0 Å². The standard InChI is InChI=1S/C11H8N4S/c1-7-10(14-5-4-13-7)9-3-2-8(6-12)11(16)15-9/h2-5H,1H3,(H,15,16). The van der Waals surface area contributed by atoms with E-state index in [0.29, 0.717) is 10.2 Å². The van der Waals surface area contributed by atoms with Gasteiger partial charge in [0.15, 0.2) is 0 Å². The second-order valence-electron chi connectivity index (χ2n) is 3.22. The topological polar surface area (TPSA) is 65.4 Å². The molecular formula is C11H8N4S. The van der Waals surface area contributed by atoms with Gasteiger partial charge in [0.2, 0.25) is 0 Å². The van der Waals surface area contributed by atoms with Crippen LogP contribution in [0.2, 0.25) is 0 Å². The summed E-state index contributed by atoms with van der Waals surface area (Å²) >= 11 is 5.06. The Bertz CT molecular complexity index is 624. The monoisotopic (exact) mass is 228 g/mol. The van der Waals surface area contributed by atoms with E-state index in [1.165, 1.54) is 0 Å². The third kappa shape index (κ3) is 1.83. The van der Waals surface area contributed by atoms with Gasteiger partial charge in [-0.05, 0) is 19.1 Å². The van der Waals surface area contributed by atoms with Crippen LogP contribution in [0.15, 0.2) is 24.5 Å². The highest BCUT2D eigenvalue weighted by Gasteiger charge is 2.05. The van der Waals surface area contributed by atoms with Crippen LogP contribution in [0.25, 0.3) is 11.4 Å². The Morgan fingerprint density at radius 2 is 2.06 bits per heavy atom. The molecule has 0 aliphatic heterocycles. The van der Waals surface area contributed by atoms with Crippen LogP contribution in [0.1, 0.15) is 11.3 Å². The molecule has 0 aliphatic carbocycles. The molecule has 0 aliphatic rings. The van der Waals surface area contributed by atoms with Crippen LogP contribution in [-0.2, 0) is 0 Å².